The zero-order chi connectivity index (χ0) is 10.7. The molecule has 0 saturated carbocycles. The molecule has 0 saturated heterocycles. The first-order valence-corrected chi connectivity index (χ1v) is 5.40. The van der Waals surface area contributed by atoms with Gasteiger partial charge in [-0.2, -0.15) is 0 Å². The molecule has 0 spiro atoms. The van der Waals surface area contributed by atoms with Crippen molar-refractivity contribution in [1.29, 1.82) is 0 Å². The van der Waals surface area contributed by atoms with E-state index in [2.05, 4.69) is 17.0 Å². The van der Waals surface area contributed by atoms with Crippen molar-refractivity contribution in [3.05, 3.63) is 24.0 Å². The van der Waals surface area contributed by atoms with E-state index in [9.17, 15) is 0 Å². The van der Waals surface area contributed by atoms with Crippen molar-refractivity contribution in [2.24, 2.45) is 0 Å². The number of aryl methyl sites for hydroxylation is 1. The maximum atomic E-state index is 5.60. The van der Waals surface area contributed by atoms with Crippen LogP contribution < -0.4 is 5.73 Å². The summed E-state index contributed by atoms with van der Waals surface area (Å²) in [6, 6.07) is 3.67. The Hall–Kier alpha value is -1.58. The lowest BCUT2D eigenvalue weighted by Crippen LogP contribution is -1.95. The topological polar surface area (TPSA) is 56.2 Å². The van der Waals surface area contributed by atoms with Crippen LogP contribution in [0.3, 0.4) is 0 Å². The first-order valence-electron chi connectivity index (χ1n) is 5.40. The smallest absolute Gasteiger partial charge is 0.153 e. The summed E-state index contributed by atoms with van der Waals surface area (Å²) in [5, 5.41) is 4.16. The summed E-state index contributed by atoms with van der Waals surface area (Å²) in [4.78, 5) is 4.47. The summed E-state index contributed by atoms with van der Waals surface area (Å²) < 4.78 is 1.75. The van der Waals surface area contributed by atoms with Crippen molar-refractivity contribution >= 4 is 11.5 Å². The molecule has 2 rings (SSSR count). The van der Waals surface area contributed by atoms with Crippen molar-refractivity contribution in [2.45, 2.75) is 32.6 Å². The number of nitrogens with zero attached hydrogens (tertiary/aromatic N) is 3. The number of imidazole rings is 1. The SMILES string of the molecule is CCCCCc1cn2nc(N)ccc2n1. The molecule has 0 amide bonds. The van der Waals surface area contributed by atoms with Gasteiger partial charge < -0.3 is 5.73 Å². The lowest BCUT2D eigenvalue weighted by molar-refractivity contribution is 0.709. The first-order chi connectivity index (χ1) is 7.29. The van der Waals surface area contributed by atoms with Gasteiger partial charge in [0.15, 0.2) is 5.65 Å². The first kappa shape index (κ1) is 9.96. The predicted molar refractivity (Wildman–Crippen MR) is 60.6 cm³/mol. The van der Waals surface area contributed by atoms with Gasteiger partial charge in [0, 0.05) is 0 Å². The van der Waals surface area contributed by atoms with Crippen LogP contribution in [-0.4, -0.2) is 14.6 Å². The number of rotatable bonds is 4. The van der Waals surface area contributed by atoms with E-state index in [1.807, 2.05) is 12.3 Å². The Morgan fingerprint density at radius 3 is 3.00 bits per heavy atom. The number of nitrogens with two attached hydrogens (primary N) is 1. The van der Waals surface area contributed by atoms with Gasteiger partial charge in [-0.05, 0) is 25.0 Å². The third-order valence-electron chi connectivity index (χ3n) is 2.43. The number of hydrogen-bond acceptors (Lipinski definition) is 3. The number of hydrogen-bond donors (Lipinski definition) is 1. The average Bonchev–Trinajstić information content (AvgIpc) is 2.60. The third-order valence-corrected chi connectivity index (χ3v) is 2.43. The van der Waals surface area contributed by atoms with E-state index in [1.54, 1.807) is 10.6 Å². The molecule has 0 aliphatic rings. The minimum Gasteiger partial charge on any atom is -0.382 e. The summed E-state index contributed by atoms with van der Waals surface area (Å²) in [5.74, 6) is 0.528. The van der Waals surface area contributed by atoms with Gasteiger partial charge in [0.25, 0.3) is 0 Å². The fourth-order valence-corrected chi connectivity index (χ4v) is 1.62. The normalized spacial score (nSPS) is 11.0. The fourth-order valence-electron chi connectivity index (χ4n) is 1.62. The predicted octanol–water partition coefficient (Wildman–Crippen LogP) is 2.04. The minimum absolute atomic E-state index is 0.528. The van der Waals surface area contributed by atoms with Crippen LogP contribution in [0.2, 0.25) is 0 Å². The number of fused-ring (bicyclic) bond motifs is 1. The minimum atomic E-state index is 0.528. The molecule has 0 atom stereocenters. The monoisotopic (exact) mass is 204 g/mol. The van der Waals surface area contributed by atoms with E-state index in [0.29, 0.717) is 5.82 Å². The Bertz CT molecular complexity index is 447. The summed E-state index contributed by atoms with van der Waals surface area (Å²) in [6.45, 7) is 2.20. The van der Waals surface area contributed by atoms with Crippen LogP contribution in [0.25, 0.3) is 5.65 Å². The van der Waals surface area contributed by atoms with Crippen LogP contribution in [0.5, 0.6) is 0 Å². The Morgan fingerprint density at radius 2 is 2.20 bits per heavy atom. The van der Waals surface area contributed by atoms with Crippen LogP contribution in [0.4, 0.5) is 5.82 Å². The molecular formula is C11H16N4. The molecule has 4 nitrogen and oxygen atoms in total. The lowest BCUT2D eigenvalue weighted by atomic mass is 10.2. The molecule has 0 fully saturated rings. The van der Waals surface area contributed by atoms with E-state index in [0.717, 1.165) is 17.8 Å². The molecule has 2 N–H and O–H groups in total. The average molecular weight is 204 g/mol. The van der Waals surface area contributed by atoms with Gasteiger partial charge in [-0.3, -0.25) is 0 Å². The van der Waals surface area contributed by atoms with Gasteiger partial charge in [0.05, 0.1) is 11.9 Å². The summed E-state index contributed by atoms with van der Waals surface area (Å²) >= 11 is 0. The highest BCUT2D eigenvalue weighted by Gasteiger charge is 2.01. The fraction of sp³-hybridized carbons (Fsp3) is 0.455. The Labute approximate surface area is 89.1 Å². The molecule has 80 valence electrons. The van der Waals surface area contributed by atoms with E-state index >= 15 is 0 Å². The van der Waals surface area contributed by atoms with Gasteiger partial charge in [0.1, 0.15) is 5.82 Å². The van der Waals surface area contributed by atoms with Crippen molar-refractivity contribution < 1.29 is 0 Å². The van der Waals surface area contributed by atoms with Gasteiger partial charge in [-0.15, -0.1) is 5.10 Å². The van der Waals surface area contributed by atoms with E-state index in [4.69, 9.17) is 5.73 Å². The standard InChI is InChI=1S/C11H16N4/c1-2-3-4-5-9-8-15-11(13-9)7-6-10(12)14-15/h6-8H,2-5H2,1H3,(H2,12,14). The molecule has 15 heavy (non-hydrogen) atoms. The number of nitrogen functional groups attached to an aromatic ring is 1. The molecule has 0 radical (unpaired) electrons. The quantitative estimate of drug-likeness (QED) is 0.775. The summed E-state index contributed by atoms with van der Waals surface area (Å²) in [6.07, 6.45) is 6.66. The molecule has 0 aliphatic carbocycles. The molecule has 2 heterocycles. The third kappa shape index (κ3) is 2.26. The molecule has 0 aliphatic heterocycles. The van der Waals surface area contributed by atoms with Gasteiger partial charge in [-0.1, -0.05) is 19.8 Å². The van der Waals surface area contributed by atoms with Crippen LogP contribution in [0.15, 0.2) is 18.3 Å². The Morgan fingerprint density at radius 1 is 1.33 bits per heavy atom. The second kappa shape index (κ2) is 4.29. The molecule has 2 aromatic rings. The van der Waals surface area contributed by atoms with E-state index in [1.165, 1.54) is 19.3 Å². The Kier molecular flexibility index (Phi) is 2.85. The van der Waals surface area contributed by atoms with E-state index in [-0.39, 0.29) is 0 Å². The summed E-state index contributed by atoms with van der Waals surface area (Å²) in [5.41, 5.74) is 7.56. The lowest BCUT2D eigenvalue weighted by Gasteiger charge is -1.92. The molecule has 0 aromatic carbocycles. The highest BCUT2D eigenvalue weighted by Crippen LogP contribution is 2.08. The van der Waals surface area contributed by atoms with Crippen molar-refractivity contribution in [1.82, 2.24) is 14.6 Å². The highest BCUT2D eigenvalue weighted by molar-refractivity contribution is 5.42. The maximum Gasteiger partial charge on any atom is 0.153 e. The number of unbranched alkanes of at least 4 members (excludes halogenated alkanes) is 2. The number of aromatic nitrogens is 3. The van der Waals surface area contributed by atoms with Crippen LogP contribution in [-0.2, 0) is 6.42 Å². The van der Waals surface area contributed by atoms with E-state index < -0.39 is 0 Å². The molecular weight excluding hydrogens is 188 g/mol. The summed E-state index contributed by atoms with van der Waals surface area (Å²) in [7, 11) is 0. The van der Waals surface area contributed by atoms with Gasteiger partial charge in [-0.25, -0.2) is 9.50 Å². The van der Waals surface area contributed by atoms with Crippen molar-refractivity contribution in [2.75, 3.05) is 5.73 Å². The maximum absolute atomic E-state index is 5.60. The molecule has 0 unspecified atom stereocenters. The molecule has 2 aromatic heterocycles. The largest absolute Gasteiger partial charge is 0.382 e. The van der Waals surface area contributed by atoms with Gasteiger partial charge in [0.2, 0.25) is 0 Å². The molecule has 4 heteroatoms. The van der Waals surface area contributed by atoms with Gasteiger partial charge >= 0.3 is 0 Å². The van der Waals surface area contributed by atoms with Crippen molar-refractivity contribution in [3.63, 3.8) is 0 Å². The van der Waals surface area contributed by atoms with Crippen molar-refractivity contribution in [3.8, 4) is 0 Å². The van der Waals surface area contributed by atoms with Crippen LogP contribution in [0, 0.1) is 0 Å². The van der Waals surface area contributed by atoms with Crippen LogP contribution >= 0.6 is 0 Å². The highest BCUT2D eigenvalue weighted by atomic mass is 15.3. The Balaban J connectivity index is 2.16. The zero-order valence-corrected chi connectivity index (χ0v) is 8.98. The zero-order valence-electron chi connectivity index (χ0n) is 8.98. The second-order valence-corrected chi connectivity index (χ2v) is 3.75. The number of anilines is 1. The van der Waals surface area contributed by atoms with Crippen LogP contribution in [0.1, 0.15) is 31.9 Å². The second-order valence-electron chi connectivity index (χ2n) is 3.75. The molecule has 0 bridgehead atoms.